The number of fused-ring (bicyclic) bond motifs is 1. The number of aromatic nitrogens is 4. The molecular formula is C16H19N7O2S. The minimum absolute atomic E-state index is 0.0486. The van der Waals surface area contributed by atoms with Crippen molar-refractivity contribution in [1.29, 1.82) is 0 Å². The highest BCUT2D eigenvalue weighted by molar-refractivity contribution is 7.17. The molecule has 4 rings (SSSR count). The maximum Gasteiger partial charge on any atom is 0.258 e. The summed E-state index contributed by atoms with van der Waals surface area (Å²) >= 11 is 1.43. The Balaban J connectivity index is 1.57. The Kier molecular flexibility index (Phi) is 4.53. The number of thiophene rings is 1. The molecule has 1 aliphatic rings. The lowest BCUT2D eigenvalue weighted by molar-refractivity contribution is 0.0751. The van der Waals surface area contributed by atoms with Gasteiger partial charge in [0.05, 0.1) is 40.5 Å². The molecule has 9 nitrogen and oxygen atoms in total. The van der Waals surface area contributed by atoms with Crippen molar-refractivity contribution >= 4 is 39.1 Å². The second kappa shape index (κ2) is 6.98. The Morgan fingerprint density at radius 3 is 3.12 bits per heavy atom. The predicted octanol–water partition coefficient (Wildman–Crippen LogP) is 1.21. The van der Waals surface area contributed by atoms with Gasteiger partial charge in [-0.15, -0.1) is 11.3 Å². The SMILES string of the molecule is Cn1cc(NC(=O)c2csc3cnc(N[C@@H]4CCOC[C@@H]4N)nc23)cn1. The fraction of sp³-hybridized carbons (Fsp3) is 0.375. The van der Waals surface area contributed by atoms with Crippen molar-refractivity contribution in [3.8, 4) is 0 Å². The Hall–Kier alpha value is -2.56. The molecule has 1 saturated heterocycles. The molecule has 0 unspecified atom stereocenters. The second-order valence-electron chi connectivity index (χ2n) is 6.19. The van der Waals surface area contributed by atoms with Crippen molar-refractivity contribution in [2.75, 3.05) is 23.8 Å². The van der Waals surface area contributed by atoms with Crippen molar-refractivity contribution in [3.63, 3.8) is 0 Å². The van der Waals surface area contributed by atoms with Crippen LogP contribution in [0.1, 0.15) is 16.8 Å². The standard InChI is InChI=1S/C16H19N7O2S/c1-23-6-9(4-19-23)20-15(24)10-8-26-13-5-18-16(22-14(10)13)21-12-2-3-25-7-11(12)17/h4-6,8,11-12H,2-3,7,17H2,1H3,(H,20,24)(H,18,21,22)/t11-,12+/m0/s1. The highest BCUT2D eigenvalue weighted by Gasteiger charge is 2.23. The normalized spacial score (nSPS) is 20.2. The zero-order valence-electron chi connectivity index (χ0n) is 14.2. The highest BCUT2D eigenvalue weighted by atomic mass is 32.1. The molecule has 0 bridgehead atoms. The molecule has 1 amide bonds. The maximum atomic E-state index is 12.6. The summed E-state index contributed by atoms with van der Waals surface area (Å²) in [6.07, 6.45) is 5.85. The Labute approximate surface area is 153 Å². The van der Waals surface area contributed by atoms with E-state index in [1.54, 1.807) is 35.7 Å². The molecule has 3 aromatic rings. The number of aryl methyl sites for hydroxylation is 1. The number of nitrogens with two attached hydrogens (primary N) is 1. The summed E-state index contributed by atoms with van der Waals surface area (Å²) in [5.41, 5.74) is 7.84. The molecule has 0 aliphatic carbocycles. The summed E-state index contributed by atoms with van der Waals surface area (Å²) in [6, 6.07) is -0.0635. The van der Waals surface area contributed by atoms with Gasteiger partial charge in [0, 0.05) is 37.3 Å². The van der Waals surface area contributed by atoms with Gasteiger partial charge in [-0.3, -0.25) is 9.48 Å². The topological polar surface area (TPSA) is 120 Å². The van der Waals surface area contributed by atoms with Gasteiger partial charge in [-0.25, -0.2) is 9.97 Å². The van der Waals surface area contributed by atoms with Crippen molar-refractivity contribution in [3.05, 3.63) is 29.5 Å². The van der Waals surface area contributed by atoms with Crippen LogP contribution in [0, 0.1) is 0 Å². The first-order chi connectivity index (χ1) is 12.6. The molecule has 0 spiro atoms. The third kappa shape index (κ3) is 3.39. The minimum atomic E-state index is -0.225. The van der Waals surface area contributed by atoms with Gasteiger partial charge in [0.25, 0.3) is 5.91 Å². The quantitative estimate of drug-likeness (QED) is 0.628. The number of carbonyl (C=O) groups excluding carboxylic acids is 1. The molecule has 1 aliphatic heterocycles. The smallest absolute Gasteiger partial charge is 0.258 e. The summed E-state index contributed by atoms with van der Waals surface area (Å²) in [5, 5.41) is 11.9. The number of carbonyl (C=O) groups is 1. The van der Waals surface area contributed by atoms with E-state index >= 15 is 0 Å². The van der Waals surface area contributed by atoms with Gasteiger partial charge in [0.2, 0.25) is 5.95 Å². The lowest BCUT2D eigenvalue weighted by atomic mass is 10.1. The summed E-state index contributed by atoms with van der Waals surface area (Å²) in [5.74, 6) is 0.241. The summed E-state index contributed by atoms with van der Waals surface area (Å²) in [4.78, 5) is 21.5. The van der Waals surface area contributed by atoms with E-state index in [2.05, 4.69) is 25.7 Å². The molecule has 3 aromatic heterocycles. The number of anilines is 2. The molecule has 0 radical (unpaired) electrons. The first-order valence-corrected chi connectivity index (χ1v) is 9.12. The van der Waals surface area contributed by atoms with Gasteiger partial charge in [0.1, 0.15) is 0 Å². The van der Waals surface area contributed by atoms with Crippen LogP contribution in [0.4, 0.5) is 11.6 Å². The van der Waals surface area contributed by atoms with Crippen molar-refractivity contribution in [1.82, 2.24) is 19.7 Å². The number of amides is 1. The molecule has 4 N–H and O–H groups in total. The lowest BCUT2D eigenvalue weighted by Crippen LogP contribution is -2.47. The maximum absolute atomic E-state index is 12.6. The van der Waals surface area contributed by atoms with Crippen LogP contribution >= 0.6 is 11.3 Å². The van der Waals surface area contributed by atoms with E-state index in [4.69, 9.17) is 10.5 Å². The lowest BCUT2D eigenvalue weighted by Gasteiger charge is -2.29. The largest absolute Gasteiger partial charge is 0.380 e. The van der Waals surface area contributed by atoms with Crippen molar-refractivity contribution < 1.29 is 9.53 Å². The Morgan fingerprint density at radius 2 is 2.35 bits per heavy atom. The van der Waals surface area contributed by atoms with E-state index in [0.717, 1.165) is 11.1 Å². The zero-order chi connectivity index (χ0) is 18.1. The molecule has 2 atom stereocenters. The monoisotopic (exact) mass is 373 g/mol. The van der Waals surface area contributed by atoms with Gasteiger partial charge in [-0.1, -0.05) is 0 Å². The van der Waals surface area contributed by atoms with E-state index in [1.807, 2.05) is 0 Å². The first-order valence-electron chi connectivity index (χ1n) is 8.24. The molecule has 26 heavy (non-hydrogen) atoms. The average molecular weight is 373 g/mol. The van der Waals surface area contributed by atoms with Gasteiger partial charge < -0.3 is 21.1 Å². The average Bonchev–Trinajstić information content (AvgIpc) is 3.22. The van der Waals surface area contributed by atoms with Crippen LogP contribution < -0.4 is 16.4 Å². The Bertz CT molecular complexity index is 938. The van der Waals surface area contributed by atoms with Crippen molar-refractivity contribution in [2.24, 2.45) is 12.8 Å². The van der Waals surface area contributed by atoms with Crippen LogP contribution in [0.5, 0.6) is 0 Å². The van der Waals surface area contributed by atoms with Gasteiger partial charge in [-0.05, 0) is 6.42 Å². The number of ether oxygens (including phenoxy) is 1. The summed E-state index contributed by atoms with van der Waals surface area (Å²) in [6.45, 7) is 1.17. The predicted molar refractivity (Wildman–Crippen MR) is 99.4 cm³/mol. The van der Waals surface area contributed by atoms with Crippen LogP contribution in [-0.2, 0) is 11.8 Å². The summed E-state index contributed by atoms with van der Waals surface area (Å²) in [7, 11) is 1.79. The number of nitrogens with zero attached hydrogens (tertiary/aromatic N) is 4. The number of nitrogens with one attached hydrogen (secondary N) is 2. The number of rotatable bonds is 4. The molecule has 0 aromatic carbocycles. The second-order valence-corrected chi connectivity index (χ2v) is 7.10. The number of hydrogen-bond donors (Lipinski definition) is 3. The third-order valence-electron chi connectivity index (χ3n) is 4.24. The van der Waals surface area contributed by atoms with Crippen molar-refractivity contribution in [2.45, 2.75) is 18.5 Å². The van der Waals surface area contributed by atoms with E-state index in [9.17, 15) is 4.79 Å². The Morgan fingerprint density at radius 1 is 1.46 bits per heavy atom. The van der Waals surface area contributed by atoms with E-state index in [1.165, 1.54) is 11.3 Å². The molecule has 1 fully saturated rings. The van der Waals surface area contributed by atoms with Gasteiger partial charge in [0.15, 0.2) is 0 Å². The van der Waals surface area contributed by atoms with Gasteiger partial charge in [-0.2, -0.15) is 5.10 Å². The molecular weight excluding hydrogens is 354 g/mol. The van der Waals surface area contributed by atoms with Gasteiger partial charge >= 0.3 is 0 Å². The first kappa shape index (κ1) is 16.9. The van der Waals surface area contributed by atoms with E-state index < -0.39 is 0 Å². The zero-order valence-corrected chi connectivity index (χ0v) is 15.0. The van der Waals surface area contributed by atoms with E-state index in [0.29, 0.717) is 35.9 Å². The third-order valence-corrected chi connectivity index (χ3v) is 5.14. The molecule has 10 heteroatoms. The van der Waals surface area contributed by atoms with Crippen LogP contribution in [0.25, 0.3) is 10.2 Å². The minimum Gasteiger partial charge on any atom is -0.380 e. The van der Waals surface area contributed by atoms with Crippen LogP contribution in [-0.4, -0.2) is 51.0 Å². The summed E-state index contributed by atoms with van der Waals surface area (Å²) < 4.78 is 7.83. The van der Waals surface area contributed by atoms with Crippen LogP contribution in [0.15, 0.2) is 24.0 Å². The molecule has 136 valence electrons. The highest BCUT2D eigenvalue weighted by Crippen LogP contribution is 2.26. The fourth-order valence-corrected chi connectivity index (χ4v) is 3.69. The fourth-order valence-electron chi connectivity index (χ4n) is 2.85. The molecule has 0 saturated carbocycles. The van der Waals surface area contributed by atoms with Crippen LogP contribution in [0.3, 0.4) is 0 Å². The van der Waals surface area contributed by atoms with E-state index in [-0.39, 0.29) is 18.0 Å². The van der Waals surface area contributed by atoms with Crippen LogP contribution in [0.2, 0.25) is 0 Å². The number of hydrogen-bond acceptors (Lipinski definition) is 8. The molecule has 4 heterocycles.